The van der Waals surface area contributed by atoms with Crippen molar-refractivity contribution in [3.8, 4) is 0 Å². The summed E-state index contributed by atoms with van der Waals surface area (Å²) < 4.78 is 18.8. The highest BCUT2D eigenvalue weighted by atomic mass is 19.1. The Labute approximate surface area is 147 Å². The molecule has 0 spiro atoms. The predicted molar refractivity (Wildman–Crippen MR) is 93.0 cm³/mol. The van der Waals surface area contributed by atoms with Crippen LogP contribution < -0.4 is 4.90 Å². The first-order valence-electron chi connectivity index (χ1n) is 8.82. The van der Waals surface area contributed by atoms with Gasteiger partial charge in [-0.25, -0.2) is 9.18 Å². The van der Waals surface area contributed by atoms with Gasteiger partial charge in [-0.05, 0) is 63.8 Å². The number of likely N-dealkylation sites (tertiary alicyclic amines) is 1. The minimum atomic E-state index is -0.550. The third-order valence-electron chi connectivity index (χ3n) is 4.63. The standard InChI is InChI=1S/C19H25FN2O3/c1-19(2,3)25-18(24)21-9-4-5-14(12-21)17(23)22-10-8-13-11-15(20)6-7-16(13)22/h6-7,11,14H,4-5,8-10,12H2,1-3H3/t14-/m1/s1. The molecular weight excluding hydrogens is 323 g/mol. The van der Waals surface area contributed by atoms with Gasteiger partial charge in [-0.3, -0.25) is 4.79 Å². The zero-order valence-electron chi connectivity index (χ0n) is 15.0. The molecule has 0 N–H and O–H groups in total. The molecule has 1 saturated heterocycles. The number of hydrogen-bond donors (Lipinski definition) is 0. The lowest BCUT2D eigenvalue weighted by molar-refractivity contribution is -0.123. The zero-order chi connectivity index (χ0) is 18.2. The normalized spacial score (nSPS) is 20.4. The number of ether oxygens (including phenoxy) is 1. The minimum Gasteiger partial charge on any atom is -0.444 e. The van der Waals surface area contributed by atoms with Crippen molar-refractivity contribution < 1.29 is 18.7 Å². The maximum atomic E-state index is 13.4. The van der Waals surface area contributed by atoms with E-state index in [0.717, 1.165) is 24.1 Å². The van der Waals surface area contributed by atoms with Crippen LogP contribution in [0, 0.1) is 11.7 Å². The molecule has 5 nitrogen and oxygen atoms in total. The molecule has 1 aromatic carbocycles. The van der Waals surface area contributed by atoms with Crippen molar-refractivity contribution in [2.24, 2.45) is 5.92 Å². The van der Waals surface area contributed by atoms with Crippen molar-refractivity contribution in [3.63, 3.8) is 0 Å². The second kappa shape index (κ2) is 6.65. The van der Waals surface area contributed by atoms with Crippen LogP contribution in [0.25, 0.3) is 0 Å². The SMILES string of the molecule is CC(C)(C)OC(=O)N1CCC[C@@H](C(=O)N2CCc3cc(F)ccc32)C1. The Balaban J connectivity index is 1.68. The summed E-state index contributed by atoms with van der Waals surface area (Å²) in [5, 5.41) is 0. The van der Waals surface area contributed by atoms with E-state index in [1.165, 1.54) is 12.1 Å². The summed E-state index contributed by atoms with van der Waals surface area (Å²) in [5.41, 5.74) is 1.11. The van der Waals surface area contributed by atoms with Crippen LogP contribution in [0.3, 0.4) is 0 Å². The Morgan fingerprint density at radius 3 is 2.72 bits per heavy atom. The lowest BCUT2D eigenvalue weighted by Gasteiger charge is -2.35. The van der Waals surface area contributed by atoms with E-state index >= 15 is 0 Å². The Kier molecular flexibility index (Phi) is 4.71. The van der Waals surface area contributed by atoms with E-state index in [9.17, 15) is 14.0 Å². The summed E-state index contributed by atoms with van der Waals surface area (Å²) in [6, 6.07) is 4.55. The molecule has 0 aliphatic carbocycles. The topological polar surface area (TPSA) is 49.9 Å². The molecular formula is C19H25FN2O3. The number of fused-ring (bicyclic) bond motifs is 1. The highest BCUT2D eigenvalue weighted by Gasteiger charge is 2.35. The van der Waals surface area contributed by atoms with Gasteiger partial charge < -0.3 is 14.5 Å². The number of nitrogens with zero attached hydrogens (tertiary/aromatic N) is 2. The fourth-order valence-electron chi connectivity index (χ4n) is 3.49. The molecule has 1 aromatic rings. The molecule has 0 aromatic heterocycles. The van der Waals surface area contributed by atoms with Crippen molar-refractivity contribution in [3.05, 3.63) is 29.6 Å². The van der Waals surface area contributed by atoms with Gasteiger partial charge >= 0.3 is 6.09 Å². The smallest absolute Gasteiger partial charge is 0.410 e. The van der Waals surface area contributed by atoms with Gasteiger partial charge in [0.1, 0.15) is 11.4 Å². The van der Waals surface area contributed by atoms with Crippen molar-refractivity contribution >= 4 is 17.7 Å². The van der Waals surface area contributed by atoms with Crippen LogP contribution in [0.5, 0.6) is 0 Å². The average molecular weight is 348 g/mol. The highest BCUT2D eigenvalue weighted by Crippen LogP contribution is 2.31. The molecule has 0 unspecified atom stereocenters. The number of halogens is 1. The number of hydrogen-bond acceptors (Lipinski definition) is 3. The number of carbonyl (C=O) groups is 2. The molecule has 1 fully saturated rings. The van der Waals surface area contributed by atoms with Gasteiger partial charge in [0, 0.05) is 25.3 Å². The molecule has 1 atom stereocenters. The van der Waals surface area contributed by atoms with Gasteiger partial charge in [0.2, 0.25) is 5.91 Å². The van der Waals surface area contributed by atoms with Crippen LogP contribution >= 0.6 is 0 Å². The first-order valence-corrected chi connectivity index (χ1v) is 8.82. The summed E-state index contributed by atoms with van der Waals surface area (Å²) in [6.07, 6.45) is 1.83. The second-order valence-electron chi connectivity index (χ2n) is 7.78. The third kappa shape index (κ3) is 3.94. The Hall–Kier alpha value is -2.11. The van der Waals surface area contributed by atoms with Crippen LogP contribution in [0.15, 0.2) is 18.2 Å². The quantitative estimate of drug-likeness (QED) is 0.782. The average Bonchev–Trinajstić information content (AvgIpc) is 2.95. The van der Waals surface area contributed by atoms with Gasteiger partial charge in [0.15, 0.2) is 0 Å². The lowest BCUT2D eigenvalue weighted by Crippen LogP contribution is -2.47. The van der Waals surface area contributed by atoms with E-state index in [1.807, 2.05) is 20.8 Å². The molecule has 6 heteroatoms. The van der Waals surface area contributed by atoms with Crippen LogP contribution in [0.4, 0.5) is 14.9 Å². The van der Waals surface area contributed by atoms with Crippen molar-refractivity contribution in [1.82, 2.24) is 4.90 Å². The number of anilines is 1. The molecule has 0 radical (unpaired) electrons. The van der Waals surface area contributed by atoms with E-state index in [0.29, 0.717) is 26.1 Å². The van der Waals surface area contributed by atoms with Crippen LogP contribution in [-0.2, 0) is 16.0 Å². The van der Waals surface area contributed by atoms with E-state index in [2.05, 4.69) is 0 Å². The summed E-state index contributed by atoms with van der Waals surface area (Å²) in [6.45, 7) is 7.05. The van der Waals surface area contributed by atoms with Crippen molar-refractivity contribution in [2.45, 2.75) is 45.6 Å². The maximum absolute atomic E-state index is 13.4. The summed E-state index contributed by atoms with van der Waals surface area (Å²) in [4.78, 5) is 28.6. The van der Waals surface area contributed by atoms with Gasteiger partial charge in [-0.1, -0.05) is 0 Å². The van der Waals surface area contributed by atoms with Gasteiger partial charge in [0.25, 0.3) is 0 Å². The molecule has 3 rings (SSSR count). The summed E-state index contributed by atoms with van der Waals surface area (Å²) >= 11 is 0. The molecule has 2 aliphatic rings. The Morgan fingerprint density at radius 1 is 1.24 bits per heavy atom. The number of piperidine rings is 1. The molecule has 2 aliphatic heterocycles. The highest BCUT2D eigenvalue weighted by molar-refractivity contribution is 5.97. The number of carbonyl (C=O) groups excluding carboxylic acids is 2. The van der Waals surface area contributed by atoms with Gasteiger partial charge in [-0.2, -0.15) is 0 Å². The third-order valence-corrected chi connectivity index (χ3v) is 4.63. The van der Waals surface area contributed by atoms with Crippen molar-refractivity contribution in [1.29, 1.82) is 0 Å². The van der Waals surface area contributed by atoms with Gasteiger partial charge in [-0.15, -0.1) is 0 Å². The first kappa shape index (κ1) is 17.7. The minimum absolute atomic E-state index is 0.0126. The summed E-state index contributed by atoms with van der Waals surface area (Å²) in [7, 11) is 0. The Morgan fingerprint density at radius 2 is 2.00 bits per heavy atom. The molecule has 25 heavy (non-hydrogen) atoms. The summed E-state index contributed by atoms with van der Waals surface area (Å²) in [5.74, 6) is -0.502. The molecule has 0 saturated carbocycles. The molecule has 2 amide bonds. The van der Waals surface area contributed by atoms with Gasteiger partial charge in [0.05, 0.1) is 5.92 Å². The molecule has 0 bridgehead atoms. The Bertz CT molecular complexity index is 684. The monoisotopic (exact) mass is 348 g/mol. The number of amides is 2. The van der Waals surface area contributed by atoms with Crippen LogP contribution in [0.1, 0.15) is 39.2 Å². The number of rotatable bonds is 1. The fourth-order valence-corrected chi connectivity index (χ4v) is 3.49. The predicted octanol–water partition coefficient (Wildman–Crippen LogP) is 3.36. The molecule has 2 heterocycles. The lowest BCUT2D eigenvalue weighted by atomic mass is 9.96. The zero-order valence-corrected chi connectivity index (χ0v) is 15.0. The largest absolute Gasteiger partial charge is 0.444 e. The van der Waals surface area contributed by atoms with Crippen molar-refractivity contribution in [2.75, 3.05) is 24.5 Å². The van der Waals surface area contributed by atoms with E-state index < -0.39 is 5.60 Å². The number of benzene rings is 1. The fraction of sp³-hybridized carbons (Fsp3) is 0.579. The van der Waals surface area contributed by atoms with E-state index in [1.54, 1.807) is 15.9 Å². The van der Waals surface area contributed by atoms with E-state index in [4.69, 9.17) is 4.74 Å². The maximum Gasteiger partial charge on any atom is 0.410 e. The molecule has 136 valence electrons. The van der Waals surface area contributed by atoms with E-state index in [-0.39, 0.29) is 23.7 Å². The van der Waals surface area contributed by atoms with Crippen LogP contribution in [0.2, 0.25) is 0 Å². The van der Waals surface area contributed by atoms with Crippen LogP contribution in [-0.4, -0.2) is 42.1 Å². The first-order chi connectivity index (χ1) is 11.7. The second-order valence-corrected chi connectivity index (χ2v) is 7.78.